The number of alkyl halides is 3. The molecule has 0 radical (unpaired) electrons. The number of benzene rings is 1. The zero-order chi connectivity index (χ0) is 21.8. The fraction of sp³-hybridized carbons (Fsp3) is 0.300. The van der Waals surface area contributed by atoms with Gasteiger partial charge in [0.25, 0.3) is 5.91 Å². The number of hydrogen-bond acceptors (Lipinski definition) is 6. The molecule has 3 aromatic rings. The number of ether oxygens (including phenoxy) is 1. The number of pyridine rings is 1. The predicted molar refractivity (Wildman–Crippen MR) is 101 cm³/mol. The molecule has 1 amide bonds. The largest absolute Gasteiger partial charge is 0.468 e. The topological polar surface area (TPSA) is 90.1 Å². The van der Waals surface area contributed by atoms with Crippen LogP contribution in [0.1, 0.15) is 30.2 Å². The molecule has 3 rings (SSSR count). The first-order valence-corrected chi connectivity index (χ1v) is 8.98. The van der Waals surface area contributed by atoms with Crippen molar-refractivity contribution in [3.8, 4) is 17.3 Å². The fourth-order valence-electron chi connectivity index (χ4n) is 2.59. The summed E-state index contributed by atoms with van der Waals surface area (Å²) in [6.07, 6.45) is -4.26. The van der Waals surface area contributed by atoms with Crippen molar-refractivity contribution in [1.29, 1.82) is 0 Å². The first-order chi connectivity index (χ1) is 14.1. The normalized spacial score (nSPS) is 11.9. The molecule has 1 aromatic carbocycles. The Kier molecular flexibility index (Phi) is 6.04. The first-order valence-electron chi connectivity index (χ1n) is 8.98. The fourth-order valence-corrected chi connectivity index (χ4v) is 2.59. The Balaban J connectivity index is 1.64. The lowest BCUT2D eigenvalue weighted by Gasteiger charge is -2.24. The third kappa shape index (κ3) is 6.03. The molecule has 30 heavy (non-hydrogen) atoms. The van der Waals surface area contributed by atoms with Crippen LogP contribution in [0.2, 0.25) is 0 Å². The van der Waals surface area contributed by atoms with E-state index in [-0.39, 0.29) is 18.0 Å². The van der Waals surface area contributed by atoms with Gasteiger partial charge in [0.2, 0.25) is 17.7 Å². The summed E-state index contributed by atoms with van der Waals surface area (Å²) in [4.78, 5) is 16.3. The number of hydrogen-bond donors (Lipinski definition) is 1. The van der Waals surface area contributed by atoms with E-state index in [2.05, 4.69) is 25.2 Å². The summed E-state index contributed by atoms with van der Waals surface area (Å²) in [5.74, 6) is -0.166. The number of aromatic nitrogens is 3. The van der Waals surface area contributed by atoms with E-state index in [4.69, 9.17) is 4.42 Å². The summed E-state index contributed by atoms with van der Waals surface area (Å²) >= 11 is 0. The van der Waals surface area contributed by atoms with Gasteiger partial charge < -0.3 is 14.5 Å². The monoisotopic (exact) mass is 420 g/mol. The molecule has 2 heterocycles. The number of rotatable bonds is 7. The van der Waals surface area contributed by atoms with Gasteiger partial charge >= 0.3 is 6.18 Å². The number of carbonyl (C=O) groups excluding carboxylic acids is 1. The molecule has 7 nitrogen and oxygen atoms in total. The predicted octanol–water partition coefficient (Wildman–Crippen LogP) is 3.82. The molecule has 0 aliphatic rings. The average molecular weight is 420 g/mol. The zero-order valence-electron chi connectivity index (χ0n) is 16.2. The van der Waals surface area contributed by atoms with Gasteiger partial charge in [-0.3, -0.25) is 4.79 Å². The highest BCUT2D eigenvalue weighted by Crippen LogP contribution is 2.20. The number of amides is 1. The van der Waals surface area contributed by atoms with Crippen molar-refractivity contribution < 1.29 is 27.1 Å². The van der Waals surface area contributed by atoms with Gasteiger partial charge in [-0.1, -0.05) is 24.3 Å². The minimum Gasteiger partial charge on any atom is -0.468 e. The van der Waals surface area contributed by atoms with Crippen LogP contribution < -0.4 is 10.1 Å². The van der Waals surface area contributed by atoms with Crippen LogP contribution in [0.25, 0.3) is 11.5 Å². The minimum atomic E-state index is -4.50. The molecule has 1 N–H and O–H groups in total. The second kappa shape index (κ2) is 8.52. The zero-order valence-corrected chi connectivity index (χ0v) is 16.2. The van der Waals surface area contributed by atoms with Crippen LogP contribution in [0, 0.1) is 0 Å². The smallest absolute Gasteiger partial charge is 0.422 e. The number of halogens is 3. The molecule has 0 aliphatic carbocycles. The van der Waals surface area contributed by atoms with Crippen molar-refractivity contribution in [2.45, 2.75) is 32.0 Å². The van der Waals surface area contributed by atoms with Crippen LogP contribution >= 0.6 is 0 Å². The number of nitrogens with one attached hydrogen (secondary N) is 1. The van der Waals surface area contributed by atoms with Crippen molar-refractivity contribution in [3.63, 3.8) is 0 Å². The molecule has 0 saturated heterocycles. The molecule has 0 fully saturated rings. The van der Waals surface area contributed by atoms with Crippen LogP contribution in [0.3, 0.4) is 0 Å². The van der Waals surface area contributed by atoms with E-state index < -0.39 is 24.2 Å². The molecule has 10 heteroatoms. The molecule has 2 aromatic heterocycles. The third-order valence-corrected chi connectivity index (χ3v) is 3.87. The summed E-state index contributed by atoms with van der Waals surface area (Å²) in [6.45, 7) is 2.01. The molecule has 0 bridgehead atoms. The lowest BCUT2D eigenvalue weighted by molar-refractivity contribution is -0.154. The first kappa shape index (κ1) is 21.3. The highest BCUT2D eigenvalue weighted by Gasteiger charge is 2.29. The summed E-state index contributed by atoms with van der Waals surface area (Å²) in [7, 11) is 0. The van der Waals surface area contributed by atoms with Crippen molar-refractivity contribution in [2.24, 2.45) is 0 Å². The SMILES string of the molecule is CC(C)(Cc1nnc(-c2ccccc2)o1)NC(=O)c1cccc(OCC(F)(F)F)n1. The van der Waals surface area contributed by atoms with Gasteiger partial charge in [-0.2, -0.15) is 13.2 Å². The lowest BCUT2D eigenvalue weighted by Crippen LogP contribution is -2.45. The van der Waals surface area contributed by atoms with Gasteiger partial charge in [0, 0.05) is 23.6 Å². The van der Waals surface area contributed by atoms with E-state index in [1.807, 2.05) is 30.3 Å². The van der Waals surface area contributed by atoms with Crippen LogP contribution in [-0.2, 0) is 6.42 Å². The molecule has 0 aliphatic heterocycles. The van der Waals surface area contributed by atoms with Crippen molar-refractivity contribution in [1.82, 2.24) is 20.5 Å². The van der Waals surface area contributed by atoms with E-state index in [1.54, 1.807) is 13.8 Å². The number of nitrogens with zero attached hydrogens (tertiary/aromatic N) is 3. The van der Waals surface area contributed by atoms with Gasteiger partial charge in [-0.25, -0.2) is 4.98 Å². The maximum absolute atomic E-state index is 12.5. The Labute approximate surface area is 170 Å². The summed E-state index contributed by atoms with van der Waals surface area (Å²) in [5, 5.41) is 10.8. The van der Waals surface area contributed by atoms with Crippen LogP contribution in [-0.4, -0.2) is 39.4 Å². The van der Waals surface area contributed by atoms with Crippen molar-refractivity contribution in [2.75, 3.05) is 6.61 Å². The Hall–Kier alpha value is -3.43. The second-order valence-corrected chi connectivity index (χ2v) is 7.15. The molecular formula is C20H19F3N4O3. The molecule has 0 saturated carbocycles. The second-order valence-electron chi connectivity index (χ2n) is 7.15. The van der Waals surface area contributed by atoms with E-state index >= 15 is 0 Å². The Morgan fingerprint density at radius 3 is 2.50 bits per heavy atom. The van der Waals surface area contributed by atoms with Gasteiger partial charge in [0.05, 0.1) is 0 Å². The minimum absolute atomic E-state index is 0.0711. The summed E-state index contributed by atoms with van der Waals surface area (Å²) < 4.78 is 47.1. The van der Waals surface area contributed by atoms with E-state index in [0.29, 0.717) is 11.8 Å². The number of carbonyl (C=O) groups is 1. The molecule has 0 unspecified atom stereocenters. The van der Waals surface area contributed by atoms with E-state index in [1.165, 1.54) is 18.2 Å². The highest BCUT2D eigenvalue weighted by molar-refractivity contribution is 5.92. The van der Waals surface area contributed by atoms with Crippen molar-refractivity contribution in [3.05, 3.63) is 60.1 Å². The van der Waals surface area contributed by atoms with Crippen LogP contribution in [0.5, 0.6) is 5.88 Å². The van der Waals surface area contributed by atoms with Gasteiger partial charge in [-0.05, 0) is 32.0 Å². The molecular weight excluding hydrogens is 401 g/mol. The highest BCUT2D eigenvalue weighted by atomic mass is 19.4. The van der Waals surface area contributed by atoms with Crippen LogP contribution in [0.4, 0.5) is 13.2 Å². The van der Waals surface area contributed by atoms with E-state index in [0.717, 1.165) is 5.56 Å². The third-order valence-electron chi connectivity index (χ3n) is 3.87. The maximum Gasteiger partial charge on any atom is 0.422 e. The van der Waals surface area contributed by atoms with Gasteiger partial charge in [-0.15, -0.1) is 10.2 Å². The lowest BCUT2D eigenvalue weighted by atomic mass is 10.0. The Bertz CT molecular complexity index is 1000. The standard InChI is InChI=1S/C20H19F3N4O3/c1-19(2,11-16-26-27-18(30-16)13-7-4-3-5-8-13)25-17(28)14-9-6-10-15(24-14)29-12-20(21,22)23/h3-10H,11-12H2,1-2H3,(H,25,28). The van der Waals surface area contributed by atoms with Crippen LogP contribution in [0.15, 0.2) is 52.9 Å². The summed E-state index contributed by atoms with van der Waals surface area (Å²) in [5.41, 5.74) is -0.0848. The molecule has 0 atom stereocenters. The summed E-state index contributed by atoms with van der Waals surface area (Å²) in [6, 6.07) is 13.3. The van der Waals surface area contributed by atoms with Crippen molar-refractivity contribution >= 4 is 5.91 Å². The van der Waals surface area contributed by atoms with E-state index in [9.17, 15) is 18.0 Å². The Morgan fingerprint density at radius 1 is 1.07 bits per heavy atom. The quantitative estimate of drug-likeness (QED) is 0.625. The maximum atomic E-state index is 12.5. The Morgan fingerprint density at radius 2 is 1.80 bits per heavy atom. The van der Waals surface area contributed by atoms with Gasteiger partial charge in [0.15, 0.2) is 6.61 Å². The molecule has 0 spiro atoms. The van der Waals surface area contributed by atoms with Gasteiger partial charge in [0.1, 0.15) is 5.69 Å². The average Bonchev–Trinajstić information content (AvgIpc) is 3.14. The molecule has 158 valence electrons.